The van der Waals surface area contributed by atoms with Crippen LogP contribution in [0.5, 0.6) is 5.75 Å². The molecule has 0 saturated carbocycles. The second-order valence-corrected chi connectivity index (χ2v) is 18.1. The Labute approximate surface area is 363 Å². The molecule has 0 bridgehead atoms. The minimum atomic E-state index is -0.813. The van der Waals surface area contributed by atoms with Gasteiger partial charge in [-0.15, -0.1) is 21.5 Å². The number of hydrogen-bond acceptors (Lipinski definition) is 12. The van der Waals surface area contributed by atoms with Gasteiger partial charge in [0.15, 0.2) is 5.65 Å². The number of aryl methyl sites for hydroxylation is 1. The number of amides is 3. The number of thiazole rings is 1. The van der Waals surface area contributed by atoms with Crippen molar-refractivity contribution in [1.29, 1.82) is 0 Å². The fraction of sp³-hybridized carbons (Fsp3) is 0.413. The van der Waals surface area contributed by atoms with Gasteiger partial charge >= 0.3 is 0 Å². The molecule has 6 aromatic rings. The highest BCUT2D eigenvalue weighted by atomic mass is 32.1. The topological polar surface area (TPSA) is 194 Å². The summed E-state index contributed by atoms with van der Waals surface area (Å²) in [7, 11) is 0. The van der Waals surface area contributed by atoms with Crippen molar-refractivity contribution in [1.82, 2.24) is 45.3 Å². The van der Waals surface area contributed by atoms with Crippen LogP contribution in [0.2, 0.25) is 0 Å². The zero-order valence-corrected chi connectivity index (χ0v) is 35.8. The van der Waals surface area contributed by atoms with Crippen LogP contribution in [-0.2, 0) is 20.9 Å². The molecule has 4 N–H and O–H groups in total. The normalized spacial score (nSPS) is 19.3. The molecule has 15 nitrogen and oxygen atoms in total. The van der Waals surface area contributed by atoms with E-state index in [9.17, 15) is 24.6 Å². The summed E-state index contributed by atoms with van der Waals surface area (Å²) in [6.45, 7) is 9.32. The highest BCUT2D eigenvalue weighted by Crippen LogP contribution is 2.36. The number of carbonyl (C=O) groups is 3. The number of nitrogens with one attached hydrogen (secondary N) is 2. The number of benzene rings is 2. The van der Waals surface area contributed by atoms with Crippen LogP contribution in [0, 0.1) is 12.8 Å². The van der Waals surface area contributed by atoms with Crippen LogP contribution in [-0.4, -0.2) is 119 Å². The smallest absolute Gasteiger partial charge is 0.243 e. The van der Waals surface area contributed by atoms with Crippen LogP contribution >= 0.6 is 11.3 Å². The lowest BCUT2D eigenvalue weighted by molar-refractivity contribution is -0.141. The van der Waals surface area contributed by atoms with Gasteiger partial charge in [0.2, 0.25) is 17.7 Å². The number of rotatable bonds is 12. The number of piperidine rings is 1. The molecular weight excluding hydrogens is 807 g/mol. The van der Waals surface area contributed by atoms with Crippen molar-refractivity contribution in [3.8, 4) is 27.4 Å². The van der Waals surface area contributed by atoms with E-state index in [2.05, 4.69) is 41.6 Å². The average molecular weight is 858 g/mol. The molecule has 9 rings (SSSR count). The number of H-pyrrole nitrogens is 1. The molecular formula is C46H51N9O6S. The van der Waals surface area contributed by atoms with E-state index in [4.69, 9.17) is 4.52 Å². The van der Waals surface area contributed by atoms with E-state index in [1.165, 1.54) is 4.90 Å². The standard InChI is InChI=1S/C46H51N9O6S/c1-26(2)42(46(60)55-23-33(56)18-38(55)45(59)47-20-28-8-10-30(11-9-28)43-27(3)48-25-62-43)40-19-36(52-61-40)29-12-14-54(15-13-29)41(58)24-53-21-32(22-53)35-16-31-17-37(50-51-44(31)49-35)34-6-4-5-7-39(34)57/h4-11,16-17,19,25-26,29,32-33,38,42,56-57H,12-15,18,20-24H2,1-3H3,(H,47,59)(H,49,51)/t33-,38+,42-/m1/s1. The molecule has 3 saturated heterocycles. The van der Waals surface area contributed by atoms with Crippen molar-refractivity contribution in [3.05, 3.63) is 101 Å². The van der Waals surface area contributed by atoms with Crippen molar-refractivity contribution in [3.63, 3.8) is 0 Å². The molecule has 4 aromatic heterocycles. The highest BCUT2D eigenvalue weighted by molar-refractivity contribution is 7.13. The number of hydrogen-bond donors (Lipinski definition) is 4. The summed E-state index contributed by atoms with van der Waals surface area (Å²) >= 11 is 1.59. The Morgan fingerprint density at radius 1 is 0.984 bits per heavy atom. The van der Waals surface area contributed by atoms with Gasteiger partial charge < -0.3 is 34.8 Å². The lowest BCUT2D eigenvalue weighted by Gasteiger charge is -2.40. The summed E-state index contributed by atoms with van der Waals surface area (Å²) in [5.41, 5.74) is 8.56. The number of nitrogens with zero attached hydrogens (tertiary/aromatic N) is 7. The molecule has 16 heteroatoms. The number of phenolic OH excluding ortho intramolecular Hbond substituents is 1. The van der Waals surface area contributed by atoms with Gasteiger partial charge in [-0.3, -0.25) is 19.3 Å². The fourth-order valence-corrected chi connectivity index (χ4v) is 9.94. The third kappa shape index (κ3) is 8.46. The van der Waals surface area contributed by atoms with Gasteiger partial charge in [0.25, 0.3) is 0 Å². The Balaban J connectivity index is 0.757. The number of aliphatic hydroxyl groups excluding tert-OH is 1. The van der Waals surface area contributed by atoms with E-state index < -0.39 is 18.1 Å². The van der Waals surface area contributed by atoms with Crippen molar-refractivity contribution in [2.75, 3.05) is 39.3 Å². The SMILES string of the molecule is Cc1ncsc1-c1ccc(CNC(=O)[C@@H]2C[C@@H](O)CN2C(=O)[C@@H](c2cc(C3CCN(C(=O)CN4CC(c5cc6cc(-c7ccccc7O)nnc6[nH]5)C4)CC3)no2)C(C)C)cc1. The van der Waals surface area contributed by atoms with Crippen molar-refractivity contribution in [2.24, 2.45) is 5.92 Å². The molecule has 3 aliphatic rings. The Kier molecular flexibility index (Phi) is 11.6. The van der Waals surface area contributed by atoms with Crippen LogP contribution in [0.15, 0.2) is 76.8 Å². The number of aromatic amines is 1. The van der Waals surface area contributed by atoms with Gasteiger partial charge in [-0.2, -0.15) is 0 Å². The van der Waals surface area contributed by atoms with Crippen LogP contribution in [0.4, 0.5) is 0 Å². The van der Waals surface area contributed by atoms with Crippen molar-refractivity contribution < 1.29 is 29.1 Å². The van der Waals surface area contributed by atoms with Gasteiger partial charge in [-0.1, -0.05) is 55.4 Å². The molecule has 0 aliphatic carbocycles. The first-order chi connectivity index (χ1) is 30.0. The maximum Gasteiger partial charge on any atom is 0.243 e. The molecule has 0 spiro atoms. The average Bonchev–Trinajstić information content (AvgIpc) is 4.08. The molecule has 322 valence electrons. The predicted molar refractivity (Wildman–Crippen MR) is 233 cm³/mol. The largest absolute Gasteiger partial charge is 0.507 e. The minimum absolute atomic E-state index is 0.0650. The summed E-state index contributed by atoms with van der Waals surface area (Å²) in [4.78, 5) is 55.5. The zero-order valence-electron chi connectivity index (χ0n) is 35.0. The lowest BCUT2D eigenvalue weighted by atomic mass is 9.89. The number of carbonyl (C=O) groups excluding carboxylic acids is 3. The van der Waals surface area contributed by atoms with Crippen molar-refractivity contribution in [2.45, 2.75) is 76.5 Å². The van der Waals surface area contributed by atoms with Gasteiger partial charge in [0.1, 0.15) is 23.5 Å². The molecule has 3 atom stereocenters. The second kappa shape index (κ2) is 17.4. The van der Waals surface area contributed by atoms with E-state index >= 15 is 0 Å². The number of fused-ring (bicyclic) bond motifs is 1. The fourth-order valence-electron chi connectivity index (χ4n) is 9.13. The Hall–Kier alpha value is -5.97. The highest BCUT2D eigenvalue weighted by Gasteiger charge is 2.43. The van der Waals surface area contributed by atoms with Gasteiger partial charge in [-0.25, -0.2) is 4.98 Å². The number of aliphatic hydroxyl groups is 1. The van der Waals surface area contributed by atoms with Crippen LogP contribution in [0.25, 0.3) is 32.7 Å². The Morgan fingerprint density at radius 3 is 2.48 bits per heavy atom. The van der Waals surface area contributed by atoms with E-state index in [1.54, 1.807) is 23.5 Å². The summed E-state index contributed by atoms with van der Waals surface area (Å²) in [5.74, 6) is -0.364. The molecule has 3 fully saturated rings. The molecule has 0 radical (unpaired) electrons. The third-order valence-electron chi connectivity index (χ3n) is 12.7. The van der Waals surface area contributed by atoms with Gasteiger partial charge in [0.05, 0.1) is 40.1 Å². The molecule has 3 aliphatic heterocycles. The number of phenols is 1. The van der Waals surface area contributed by atoms with Gasteiger partial charge in [-0.05, 0) is 61.1 Å². The summed E-state index contributed by atoms with van der Waals surface area (Å²) < 4.78 is 5.87. The van der Waals surface area contributed by atoms with E-state index in [0.717, 1.165) is 64.4 Å². The minimum Gasteiger partial charge on any atom is -0.507 e. The molecule has 0 unspecified atom stereocenters. The molecule has 2 aromatic carbocycles. The lowest BCUT2D eigenvalue weighted by Crippen LogP contribution is -2.51. The van der Waals surface area contributed by atoms with E-state index in [1.807, 2.05) is 79.7 Å². The first-order valence-corrected chi connectivity index (χ1v) is 22.2. The number of aromatic nitrogens is 5. The van der Waals surface area contributed by atoms with Gasteiger partial charge in [0, 0.05) is 80.2 Å². The Bertz CT molecular complexity index is 2570. The second-order valence-electron chi connectivity index (χ2n) is 17.3. The number of likely N-dealkylation sites (tertiary alicyclic amines) is 3. The number of para-hydroxylation sites is 1. The van der Waals surface area contributed by atoms with E-state index in [0.29, 0.717) is 48.8 Å². The third-order valence-corrected chi connectivity index (χ3v) is 13.7. The first kappa shape index (κ1) is 41.4. The summed E-state index contributed by atoms with van der Waals surface area (Å²) in [6.07, 6.45) is 0.806. The summed E-state index contributed by atoms with van der Waals surface area (Å²) in [6, 6.07) is 20.1. The van der Waals surface area contributed by atoms with Crippen LogP contribution in [0.3, 0.4) is 0 Å². The van der Waals surface area contributed by atoms with Crippen LogP contribution in [0.1, 0.15) is 79.3 Å². The maximum atomic E-state index is 14.2. The molecule has 62 heavy (non-hydrogen) atoms. The number of β-amino-alcohol motifs (C(OH)–C–C–N with tert-alkyl or cyclic N) is 1. The maximum absolute atomic E-state index is 14.2. The van der Waals surface area contributed by atoms with E-state index in [-0.39, 0.29) is 54.2 Å². The zero-order chi connectivity index (χ0) is 43.1. The quantitative estimate of drug-likeness (QED) is 0.120. The predicted octanol–water partition coefficient (Wildman–Crippen LogP) is 5.57. The summed E-state index contributed by atoms with van der Waals surface area (Å²) in [5, 5.41) is 37.9. The first-order valence-electron chi connectivity index (χ1n) is 21.4. The Morgan fingerprint density at radius 2 is 1.76 bits per heavy atom. The molecule has 7 heterocycles. The molecule has 3 amide bonds. The van der Waals surface area contributed by atoms with Crippen molar-refractivity contribution >= 4 is 40.1 Å². The van der Waals surface area contributed by atoms with Crippen LogP contribution < -0.4 is 5.32 Å². The number of aromatic hydroxyl groups is 1. The monoisotopic (exact) mass is 857 g/mol.